The smallest absolute Gasteiger partial charge is 0.318 e. The van der Waals surface area contributed by atoms with Gasteiger partial charge in [0.2, 0.25) is 0 Å². The molecule has 0 unspecified atom stereocenters. The molecule has 146 valence electrons. The largest absolute Gasteiger partial charge is 0.487 e. The van der Waals surface area contributed by atoms with E-state index < -0.39 is 0 Å². The summed E-state index contributed by atoms with van der Waals surface area (Å²) in [7, 11) is 0. The molecule has 0 aliphatic carbocycles. The first kappa shape index (κ1) is 18.1. The summed E-state index contributed by atoms with van der Waals surface area (Å²) in [5, 5.41) is 4.16. The number of nitrogens with one attached hydrogen (secondary N) is 1. The number of fused-ring (bicyclic) bond motifs is 1. The third-order valence-corrected chi connectivity index (χ3v) is 4.99. The van der Waals surface area contributed by atoms with Gasteiger partial charge in [-0.25, -0.2) is 0 Å². The maximum absolute atomic E-state index is 6.49. The number of rotatable bonds is 5. The molecular formula is C19H27N5O3. The number of nitrogens with two attached hydrogens (primary N) is 1. The summed E-state index contributed by atoms with van der Waals surface area (Å²) in [5.74, 6) is 1.17. The quantitative estimate of drug-likeness (QED) is 0.816. The summed E-state index contributed by atoms with van der Waals surface area (Å²) in [6.45, 7) is 7.58. The summed E-state index contributed by atoms with van der Waals surface area (Å²) in [4.78, 5) is 11.2. The Kier molecular flexibility index (Phi) is 5.45. The van der Waals surface area contributed by atoms with Gasteiger partial charge in [-0.15, -0.1) is 0 Å². The van der Waals surface area contributed by atoms with Gasteiger partial charge in [0.05, 0.1) is 36.4 Å². The fraction of sp³-hybridized carbons (Fsp3) is 0.579. The lowest BCUT2D eigenvalue weighted by Crippen LogP contribution is -2.43. The van der Waals surface area contributed by atoms with Crippen LogP contribution in [0.1, 0.15) is 19.8 Å². The van der Waals surface area contributed by atoms with E-state index in [4.69, 9.17) is 19.9 Å². The summed E-state index contributed by atoms with van der Waals surface area (Å²) < 4.78 is 17.4. The van der Waals surface area contributed by atoms with Crippen molar-refractivity contribution < 1.29 is 14.2 Å². The summed E-state index contributed by atoms with van der Waals surface area (Å²) in [5.41, 5.74) is 8.12. The van der Waals surface area contributed by atoms with Gasteiger partial charge in [0.1, 0.15) is 11.9 Å². The van der Waals surface area contributed by atoms with Crippen LogP contribution in [0.2, 0.25) is 0 Å². The molecule has 2 aliphatic heterocycles. The van der Waals surface area contributed by atoms with E-state index in [1.165, 1.54) is 0 Å². The fourth-order valence-electron chi connectivity index (χ4n) is 3.62. The van der Waals surface area contributed by atoms with Crippen LogP contribution in [-0.4, -0.2) is 62.1 Å². The van der Waals surface area contributed by atoms with E-state index in [-0.39, 0.29) is 6.10 Å². The predicted octanol–water partition coefficient (Wildman–Crippen LogP) is 1.58. The highest BCUT2D eigenvalue weighted by Gasteiger charge is 2.24. The second-order valence-corrected chi connectivity index (χ2v) is 6.80. The van der Waals surface area contributed by atoms with Gasteiger partial charge in [-0.05, 0) is 19.1 Å². The Labute approximate surface area is 159 Å². The molecule has 0 atom stereocenters. The number of aromatic nitrogens is 2. The Morgan fingerprint density at radius 3 is 2.74 bits per heavy atom. The molecule has 0 radical (unpaired) electrons. The van der Waals surface area contributed by atoms with Gasteiger partial charge in [-0.3, -0.25) is 0 Å². The number of ether oxygens (including phenoxy) is 3. The summed E-state index contributed by atoms with van der Waals surface area (Å²) in [6, 6.07) is 4.35. The van der Waals surface area contributed by atoms with Crippen LogP contribution in [0.15, 0.2) is 12.1 Å². The molecule has 27 heavy (non-hydrogen) atoms. The molecule has 0 amide bonds. The lowest BCUT2D eigenvalue weighted by Gasteiger charge is -2.33. The molecule has 8 nitrogen and oxygen atoms in total. The molecular weight excluding hydrogens is 346 g/mol. The lowest BCUT2D eigenvalue weighted by molar-refractivity contribution is 0.0263. The number of piperazine rings is 1. The van der Waals surface area contributed by atoms with E-state index in [0.717, 1.165) is 74.6 Å². The normalized spacial score (nSPS) is 18.6. The van der Waals surface area contributed by atoms with Crippen molar-refractivity contribution in [3.05, 3.63) is 12.1 Å². The number of hydrogen-bond acceptors (Lipinski definition) is 8. The Hall–Kier alpha value is -2.32. The standard InChI is InChI=1S/C19H27N5O3/c1-2-26-19-22-14-3-4-15(24-9-7-21-8-10-24)17(16(14)18(20)23-19)27-13-5-11-25-12-6-13/h3-4,13,21H,2,5-12H2,1H3,(H2,20,22,23). The number of nitrogen functional groups attached to an aromatic ring is 1. The first-order chi connectivity index (χ1) is 13.3. The van der Waals surface area contributed by atoms with Gasteiger partial charge >= 0.3 is 6.01 Å². The van der Waals surface area contributed by atoms with Gasteiger partial charge in [-0.1, -0.05) is 0 Å². The molecule has 1 aromatic heterocycles. The number of benzene rings is 1. The van der Waals surface area contributed by atoms with E-state index in [0.29, 0.717) is 18.4 Å². The minimum Gasteiger partial charge on any atom is -0.487 e. The molecule has 4 rings (SSSR count). The van der Waals surface area contributed by atoms with Crippen LogP contribution in [0.5, 0.6) is 11.8 Å². The number of anilines is 2. The van der Waals surface area contributed by atoms with Crippen molar-refractivity contribution in [1.82, 2.24) is 15.3 Å². The minimum absolute atomic E-state index is 0.108. The van der Waals surface area contributed by atoms with Crippen LogP contribution < -0.4 is 25.4 Å². The Morgan fingerprint density at radius 1 is 1.22 bits per heavy atom. The molecule has 0 bridgehead atoms. The highest BCUT2D eigenvalue weighted by Crippen LogP contribution is 2.40. The monoisotopic (exact) mass is 373 g/mol. The van der Waals surface area contributed by atoms with Crippen LogP contribution in [0.25, 0.3) is 10.9 Å². The zero-order valence-corrected chi connectivity index (χ0v) is 15.7. The van der Waals surface area contributed by atoms with Crippen molar-refractivity contribution in [1.29, 1.82) is 0 Å². The minimum atomic E-state index is 0.108. The Bertz CT molecular complexity index is 788. The van der Waals surface area contributed by atoms with E-state index in [1.54, 1.807) is 0 Å². The Morgan fingerprint density at radius 2 is 2.00 bits per heavy atom. The highest BCUT2D eigenvalue weighted by atomic mass is 16.5. The van der Waals surface area contributed by atoms with E-state index >= 15 is 0 Å². The Balaban J connectivity index is 1.78. The molecule has 1 aromatic carbocycles. The fourth-order valence-corrected chi connectivity index (χ4v) is 3.62. The van der Waals surface area contributed by atoms with Gasteiger partial charge < -0.3 is 30.2 Å². The van der Waals surface area contributed by atoms with Gasteiger partial charge in [-0.2, -0.15) is 9.97 Å². The molecule has 2 fully saturated rings. The molecule has 2 aromatic rings. The summed E-state index contributed by atoms with van der Waals surface area (Å²) in [6.07, 6.45) is 1.85. The topological polar surface area (TPSA) is 94.8 Å². The molecule has 3 heterocycles. The van der Waals surface area contributed by atoms with Crippen LogP contribution >= 0.6 is 0 Å². The maximum Gasteiger partial charge on any atom is 0.318 e. The highest BCUT2D eigenvalue weighted by molar-refractivity contribution is 5.98. The molecule has 8 heteroatoms. The number of nitrogens with zero attached hydrogens (tertiary/aromatic N) is 3. The number of hydrogen-bond donors (Lipinski definition) is 2. The zero-order valence-electron chi connectivity index (χ0n) is 15.7. The average Bonchev–Trinajstić information content (AvgIpc) is 2.69. The molecule has 3 N–H and O–H groups in total. The molecule has 2 aliphatic rings. The van der Waals surface area contributed by atoms with Crippen molar-refractivity contribution in [2.45, 2.75) is 25.9 Å². The second-order valence-electron chi connectivity index (χ2n) is 6.80. The molecule has 0 spiro atoms. The third kappa shape index (κ3) is 3.86. The van der Waals surface area contributed by atoms with Crippen molar-refractivity contribution in [2.75, 3.05) is 56.6 Å². The van der Waals surface area contributed by atoms with Crippen LogP contribution in [0.3, 0.4) is 0 Å². The van der Waals surface area contributed by atoms with Gasteiger partial charge in [0.25, 0.3) is 0 Å². The third-order valence-electron chi connectivity index (χ3n) is 4.99. The van der Waals surface area contributed by atoms with Crippen LogP contribution in [0, 0.1) is 0 Å². The SMILES string of the molecule is CCOc1nc(N)c2c(OC3CCOCC3)c(N3CCNCC3)ccc2n1. The second kappa shape index (κ2) is 8.14. The summed E-state index contributed by atoms with van der Waals surface area (Å²) >= 11 is 0. The van der Waals surface area contributed by atoms with Gasteiger partial charge in [0.15, 0.2) is 5.75 Å². The van der Waals surface area contributed by atoms with E-state index in [9.17, 15) is 0 Å². The molecule has 0 saturated carbocycles. The average molecular weight is 373 g/mol. The van der Waals surface area contributed by atoms with Crippen molar-refractivity contribution in [2.24, 2.45) is 0 Å². The van der Waals surface area contributed by atoms with E-state index in [2.05, 4.69) is 26.3 Å². The van der Waals surface area contributed by atoms with Crippen molar-refractivity contribution >= 4 is 22.4 Å². The maximum atomic E-state index is 6.49. The zero-order chi connectivity index (χ0) is 18.6. The lowest BCUT2D eigenvalue weighted by atomic mass is 10.1. The van der Waals surface area contributed by atoms with Crippen LogP contribution in [-0.2, 0) is 4.74 Å². The van der Waals surface area contributed by atoms with Crippen LogP contribution in [0.4, 0.5) is 11.5 Å². The first-order valence-electron chi connectivity index (χ1n) is 9.69. The van der Waals surface area contributed by atoms with Crippen molar-refractivity contribution in [3.63, 3.8) is 0 Å². The van der Waals surface area contributed by atoms with E-state index in [1.807, 2.05) is 13.0 Å². The van der Waals surface area contributed by atoms with Crippen molar-refractivity contribution in [3.8, 4) is 11.8 Å². The van der Waals surface area contributed by atoms with Gasteiger partial charge in [0, 0.05) is 39.0 Å². The predicted molar refractivity (Wildman–Crippen MR) is 105 cm³/mol. The molecule has 2 saturated heterocycles. The first-order valence-corrected chi connectivity index (χ1v) is 9.69.